The van der Waals surface area contributed by atoms with Crippen molar-refractivity contribution in [1.29, 1.82) is 0 Å². The Hall–Kier alpha value is -0.320. The van der Waals surface area contributed by atoms with Gasteiger partial charge in [0.25, 0.3) is 0 Å². The number of ether oxygens (including phenoxy) is 1. The van der Waals surface area contributed by atoms with Gasteiger partial charge in [-0.15, -0.1) is 12.4 Å². The van der Waals surface area contributed by atoms with Crippen molar-refractivity contribution in [1.82, 2.24) is 10.2 Å². The SMILES string of the molecule is CCCN(CCC(=O)OC)C1CCNC1.Cl. The summed E-state index contributed by atoms with van der Waals surface area (Å²) in [5.74, 6) is -0.109. The Kier molecular flexibility index (Phi) is 8.61. The fourth-order valence-corrected chi connectivity index (χ4v) is 2.05. The van der Waals surface area contributed by atoms with Crippen LogP contribution in [0.15, 0.2) is 0 Å². The summed E-state index contributed by atoms with van der Waals surface area (Å²) in [5, 5.41) is 3.35. The molecule has 0 spiro atoms. The van der Waals surface area contributed by atoms with Crippen LogP contribution >= 0.6 is 12.4 Å². The van der Waals surface area contributed by atoms with Gasteiger partial charge in [-0.25, -0.2) is 0 Å². The molecule has 0 bridgehead atoms. The normalized spacial score (nSPS) is 19.6. The third kappa shape index (κ3) is 5.14. The van der Waals surface area contributed by atoms with E-state index in [2.05, 4.69) is 21.9 Å². The average molecular weight is 251 g/mol. The van der Waals surface area contributed by atoms with Gasteiger partial charge in [-0.2, -0.15) is 0 Å². The Bertz CT molecular complexity index is 196. The summed E-state index contributed by atoms with van der Waals surface area (Å²) in [7, 11) is 1.45. The maximum absolute atomic E-state index is 11.1. The molecule has 0 aromatic rings. The molecule has 5 heteroatoms. The van der Waals surface area contributed by atoms with Crippen molar-refractivity contribution in [2.45, 2.75) is 32.2 Å². The molecule has 96 valence electrons. The topological polar surface area (TPSA) is 41.6 Å². The van der Waals surface area contributed by atoms with Gasteiger partial charge >= 0.3 is 5.97 Å². The number of hydrogen-bond donors (Lipinski definition) is 1. The van der Waals surface area contributed by atoms with Crippen LogP contribution in [-0.2, 0) is 9.53 Å². The van der Waals surface area contributed by atoms with Gasteiger partial charge in [0.15, 0.2) is 0 Å². The molecule has 1 fully saturated rings. The Labute approximate surface area is 104 Å². The smallest absolute Gasteiger partial charge is 0.306 e. The number of esters is 1. The highest BCUT2D eigenvalue weighted by molar-refractivity contribution is 5.85. The van der Waals surface area contributed by atoms with Crippen molar-refractivity contribution in [2.24, 2.45) is 0 Å². The maximum Gasteiger partial charge on any atom is 0.306 e. The molecule has 1 N–H and O–H groups in total. The Morgan fingerprint density at radius 2 is 2.25 bits per heavy atom. The highest BCUT2D eigenvalue weighted by Crippen LogP contribution is 2.09. The second-order valence-electron chi connectivity index (χ2n) is 4.01. The molecule has 1 saturated heterocycles. The molecule has 0 radical (unpaired) electrons. The van der Waals surface area contributed by atoms with E-state index in [0.29, 0.717) is 12.5 Å². The molecule has 1 atom stereocenters. The summed E-state index contributed by atoms with van der Waals surface area (Å²) in [6, 6.07) is 0.606. The lowest BCUT2D eigenvalue weighted by atomic mass is 10.2. The number of methoxy groups -OCH3 is 1. The van der Waals surface area contributed by atoms with Crippen molar-refractivity contribution < 1.29 is 9.53 Å². The second-order valence-corrected chi connectivity index (χ2v) is 4.01. The van der Waals surface area contributed by atoms with E-state index in [1.807, 2.05) is 0 Å². The highest BCUT2D eigenvalue weighted by atomic mass is 35.5. The van der Waals surface area contributed by atoms with Gasteiger partial charge in [-0.05, 0) is 25.9 Å². The quantitative estimate of drug-likeness (QED) is 0.716. The zero-order valence-corrected chi connectivity index (χ0v) is 11.0. The lowest BCUT2D eigenvalue weighted by molar-refractivity contribution is -0.141. The predicted molar refractivity (Wildman–Crippen MR) is 67.0 cm³/mol. The number of rotatable bonds is 6. The zero-order chi connectivity index (χ0) is 11.1. The Balaban J connectivity index is 0.00000225. The number of halogens is 1. The molecule has 1 aliphatic heterocycles. The molecular weight excluding hydrogens is 228 g/mol. The molecule has 4 nitrogen and oxygen atoms in total. The van der Waals surface area contributed by atoms with E-state index < -0.39 is 0 Å². The van der Waals surface area contributed by atoms with Gasteiger partial charge in [-0.3, -0.25) is 9.69 Å². The Morgan fingerprint density at radius 3 is 2.75 bits per heavy atom. The van der Waals surface area contributed by atoms with E-state index in [9.17, 15) is 4.79 Å². The molecule has 1 heterocycles. The van der Waals surface area contributed by atoms with Crippen molar-refractivity contribution in [3.63, 3.8) is 0 Å². The number of nitrogens with one attached hydrogen (secondary N) is 1. The van der Waals surface area contributed by atoms with Crippen LogP contribution in [0.25, 0.3) is 0 Å². The maximum atomic E-state index is 11.1. The standard InChI is InChI=1S/C11H22N2O2.ClH/c1-3-7-13(8-5-11(14)15-2)10-4-6-12-9-10;/h10,12H,3-9H2,1-2H3;1H. The number of nitrogens with zero attached hydrogens (tertiary/aromatic N) is 1. The van der Waals surface area contributed by atoms with E-state index in [-0.39, 0.29) is 18.4 Å². The Morgan fingerprint density at radius 1 is 1.50 bits per heavy atom. The zero-order valence-electron chi connectivity index (χ0n) is 10.2. The lowest BCUT2D eigenvalue weighted by Gasteiger charge is -2.27. The molecule has 0 aromatic carbocycles. The van der Waals surface area contributed by atoms with Gasteiger partial charge in [-0.1, -0.05) is 6.92 Å². The van der Waals surface area contributed by atoms with E-state index >= 15 is 0 Å². The van der Waals surface area contributed by atoms with E-state index in [4.69, 9.17) is 0 Å². The first kappa shape index (κ1) is 15.7. The van der Waals surface area contributed by atoms with Crippen LogP contribution in [0, 0.1) is 0 Å². The fourth-order valence-electron chi connectivity index (χ4n) is 2.05. The highest BCUT2D eigenvalue weighted by Gasteiger charge is 2.21. The predicted octanol–water partition coefficient (Wildman–Crippen LogP) is 1.05. The summed E-state index contributed by atoms with van der Waals surface area (Å²) in [4.78, 5) is 13.5. The van der Waals surface area contributed by atoms with Crippen LogP contribution < -0.4 is 5.32 Å². The second kappa shape index (κ2) is 8.79. The third-order valence-corrected chi connectivity index (χ3v) is 2.89. The molecule has 0 aromatic heterocycles. The van der Waals surface area contributed by atoms with E-state index in [1.165, 1.54) is 13.5 Å². The first-order valence-electron chi connectivity index (χ1n) is 5.79. The lowest BCUT2D eigenvalue weighted by Crippen LogP contribution is -2.38. The largest absolute Gasteiger partial charge is 0.469 e. The molecule has 1 aliphatic rings. The number of carbonyl (C=O) groups is 1. The van der Waals surface area contributed by atoms with Gasteiger partial charge in [0, 0.05) is 19.1 Å². The van der Waals surface area contributed by atoms with Crippen LogP contribution in [0.2, 0.25) is 0 Å². The minimum absolute atomic E-state index is 0. The molecule has 1 unspecified atom stereocenters. The molecule has 0 amide bonds. The molecule has 16 heavy (non-hydrogen) atoms. The summed E-state index contributed by atoms with van der Waals surface area (Å²) in [5.41, 5.74) is 0. The molecule has 0 aliphatic carbocycles. The summed E-state index contributed by atoms with van der Waals surface area (Å²) >= 11 is 0. The van der Waals surface area contributed by atoms with Crippen molar-refractivity contribution in [2.75, 3.05) is 33.3 Å². The molecule has 1 rings (SSSR count). The average Bonchev–Trinajstić information content (AvgIpc) is 2.76. The van der Waals surface area contributed by atoms with E-state index in [1.54, 1.807) is 0 Å². The van der Waals surface area contributed by atoms with Gasteiger partial charge in [0.1, 0.15) is 0 Å². The first-order valence-corrected chi connectivity index (χ1v) is 5.79. The molecular formula is C11H23ClN2O2. The van der Waals surface area contributed by atoms with Crippen LogP contribution in [0.5, 0.6) is 0 Å². The van der Waals surface area contributed by atoms with E-state index in [0.717, 1.165) is 32.6 Å². The fraction of sp³-hybridized carbons (Fsp3) is 0.909. The van der Waals surface area contributed by atoms with Gasteiger partial charge < -0.3 is 10.1 Å². The minimum atomic E-state index is -0.109. The van der Waals surface area contributed by atoms with Crippen LogP contribution in [-0.4, -0.2) is 50.2 Å². The van der Waals surface area contributed by atoms with Crippen LogP contribution in [0.1, 0.15) is 26.2 Å². The number of carbonyl (C=O) groups excluding carboxylic acids is 1. The summed E-state index contributed by atoms with van der Waals surface area (Å²) in [6.07, 6.45) is 2.84. The van der Waals surface area contributed by atoms with Crippen LogP contribution in [0.3, 0.4) is 0 Å². The van der Waals surface area contributed by atoms with Crippen LogP contribution in [0.4, 0.5) is 0 Å². The molecule has 0 saturated carbocycles. The third-order valence-electron chi connectivity index (χ3n) is 2.89. The van der Waals surface area contributed by atoms with Crippen molar-refractivity contribution >= 4 is 18.4 Å². The first-order chi connectivity index (χ1) is 7.27. The summed E-state index contributed by atoms with van der Waals surface area (Å²) < 4.78 is 4.66. The minimum Gasteiger partial charge on any atom is -0.469 e. The number of hydrogen-bond acceptors (Lipinski definition) is 4. The summed E-state index contributed by atoms with van der Waals surface area (Å²) in [6.45, 7) is 6.23. The van der Waals surface area contributed by atoms with Gasteiger partial charge in [0.2, 0.25) is 0 Å². The van der Waals surface area contributed by atoms with Gasteiger partial charge in [0.05, 0.1) is 13.5 Å². The van der Waals surface area contributed by atoms with Crippen molar-refractivity contribution in [3.05, 3.63) is 0 Å². The van der Waals surface area contributed by atoms with Crippen molar-refractivity contribution in [3.8, 4) is 0 Å². The monoisotopic (exact) mass is 250 g/mol.